The molecule has 8 aromatic carbocycles. The lowest BCUT2D eigenvalue weighted by molar-refractivity contribution is 0.558. The lowest BCUT2D eigenvalue weighted by atomic mass is 9.75. The Balaban J connectivity index is 0.000000323. The van der Waals surface area contributed by atoms with Gasteiger partial charge in [0, 0.05) is 33.0 Å². The Labute approximate surface area is 421 Å². The van der Waals surface area contributed by atoms with Crippen molar-refractivity contribution in [2.24, 2.45) is 5.41 Å². The fourth-order valence-corrected chi connectivity index (χ4v) is 10.5. The minimum Gasteiger partial charge on any atom is -0.312 e. The Bertz CT molecular complexity index is 3170. The molecule has 0 bridgehead atoms. The molecule has 0 spiro atoms. The van der Waals surface area contributed by atoms with Crippen molar-refractivity contribution in [3.8, 4) is 33.4 Å². The first-order valence-corrected chi connectivity index (χ1v) is 26.0. The Morgan fingerprint density at radius 3 is 1.67 bits per heavy atom. The zero-order valence-electron chi connectivity index (χ0n) is 44.1. The van der Waals surface area contributed by atoms with E-state index in [9.17, 15) is 0 Å². The van der Waals surface area contributed by atoms with Crippen LogP contribution in [0.4, 0.5) is 5.69 Å². The van der Waals surface area contributed by atoms with Gasteiger partial charge in [-0.05, 0) is 137 Å². The zero-order chi connectivity index (χ0) is 50.0. The number of nitrogens with zero attached hydrogens (tertiary/aromatic N) is 1. The van der Waals surface area contributed by atoms with Crippen LogP contribution in [-0.2, 0) is 18.3 Å². The van der Waals surface area contributed by atoms with E-state index in [4.69, 9.17) is 0 Å². The summed E-state index contributed by atoms with van der Waals surface area (Å²) >= 11 is 0. The summed E-state index contributed by atoms with van der Waals surface area (Å²) in [7, 11) is 0. The largest absolute Gasteiger partial charge is 0.312 e. The third-order valence-electron chi connectivity index (χ3n) is 14.4. The molecule has 0 fully saturated rings. The van der Waals surface area contributed by atoms with Gasteiger partial charge in [0.15, 0.2) is 0 Å². The predicted octanol–water partition coefficient (Wildman–Crippen LogP) is 17.7. The maximum Gasteiger partial charge on any atom is 0.0533 e. The van der Waals surface area contributed by atoms with Crippen molar-refractivity contribution < 1.29 is 0 Å². The summed E-state index contributed by atoms with van der Waals surface area (Å²) in [6, 6.07) is 71.3. The monoisotopic (exact) mass is 918 g/mol. The van der Waals surface area contributed by atoms with Crippen molar-refractivity contribution in [1.82, 2.24) is 0 Å². The van der Waals surface area contributed by atoms with Crippen LogP contribution in [0.15, 0.2) is 200 Å². The summed E-state index contributed by atoms with van der Waals surface area (Å²) in [5.41, 5.74) is 22.8. The summed E-state index contributed by atoms with van der Waals surface area (Å²) in [5, 5.41) is 2.67. The minimum absolute atomic E-state index is 0.0407. The van der Waals surface area contributed by atoms with Gasteiger partial charge in [-0.15, -0.1) is 0 Å². The third-order valence-corrected chi connectivity index (χ3v) is 14.4. The molecule has 0 N–H and O–H groups in total. The van der Waals surface area contributed by atoms with Crippen molar-refractivity contribution >= 4 is 23.2 Å². The van der Waals surface area contributed by atoms with Crippen molar-refractivity contribution in [3.05, 3.63) is 249 Å². The van der Waals surface area contributed by atoms with Gasteiger partial charge < -0.3 is 4.90 Å². The average Bonchev–Trinajstić information content (AvgIpc) is 3.80. The molecule has 0 amide bonds. The molecule has 1 unspecified atom stereocenters. The molecule has 0 aromatic heterocycles. The molecule has 0 saturated carbocycles. The highest BCUT2D eigenvalue weighted by Crippen LogP contribution is 2.55. The smallest absolute Gasteiger partial charge is 0.0533 e. The quantitative estimate of drug-likeness (QED) is 0.154. The number of hydrogen-bond donors (Lipinski definition) is 0. The standard InChI is InChI=1S/C50H45N.C13H12.3C2H6/c1-33-19-25-39(37-26-22-35(23-27-37)20-21-36-24-28-43-42-17-11-12-18-45(42)49(3,4)46(43)31-36)32-44(33)47-34(2)50(5)30-29-38-13-9-10-16-41(38)48(50)51(47)40-14-7-6-8-15-40;1-11-7-9-13(10-8-11)12-5-3-2-4-6-12;3*1-2/h6-19,22-29,31-32H,20-21,30H2,1-5H3;2-10H,1H3;3*1-2H3. The maximum atomic E-state index is 2.56. The second-order valence-corrected chi connectivity index (χ2v) is 18.8. The van der Waals surface area contributed by atoms with Gasteiger partial charge >= 0.3 is 0 Å². The SMILES string of the molecule is CC.CC.CC.CC1=C(c2cc(-c3ccc(CCc4ccc5c(c4)C(C)(C)c4ccccc4-5)cc3)ccc2C)N(c2ccccc2)C2=c3ccccc3=CCC12C.Cc1ccc(-c2ccccc2)cc1. The second-order valence-electron chi connectivity index (χ2n) is 18.8. The van der Waals surface area contributed by atoms with Crippen molar-refractivity contribution in [2.45, 2.75) is 108 Å². The first-order valence-electron chi connectivity index (χ1n) is 26.0. The van der Waals surface area contributed by atoms with Gasteiger partial charge in [-0.2, -0.15) is 0 Å². The summed E-state index contributed by atoms with van der Waals surface area (Å²) in [5.74, 6) is 0. The van der Waals surface area contributed by atoms with E-state index >= 15 is 0 Å². The Morgan fingerprint density at radius 1 is 0.443 bits per heavy atom. The molecule has 1 heteroatoms. The third kappa shape index (κ3) is 10.0. The highest BCUT2D eigenvalue weighted by Gasteiger charge is 2.46. The van der Waals surface area contributed by atoms with E-state index < -0.39 is 0 Å². The molecule has 70 heavy (non-hydrogen) atoms. The van der Waals surface area contributed by atoms with Gasteiger partial charge in [0.05, 0.1) is 5.70 Å². The number of anilines is 1. The van der Waals surface area contributed by atoms with E-state index in [0.717, 1.165) is 19.3 Å². The Kier molecular flexibility index (Phi) is 16.5. The van der Waals surface area contributed by atoms with Gasteiger partial charge in [0.2, 0.25) is 0 Å². The van der Waals surface area contributed by atoms with Crippen LogP contribution in [-0.4, -0.2) is 0 Å². The van der Waals surface area contributed by atoms with Gasteiger partial charge in [-0.1, -0.05) is 243 Å². The zero-order valence-corrected chi connectivity index (χ0v) is 44.1. The maximum absolute atomic E-state index is 2.56. The first-order chi connectivity index (χ1) is 34.1. The molecule has 0 radical (unpaired) electrons. The molecule has 1 heterocycles. The van der Waals surface area contributed by atoms with Crippen LogP contribution >= 0.6 is 0 Å². The molecule has 3 aliphatic rings. The van der Waals surface area contributed by atoms with Crippen LogP contribution in [0.1, 0.15) is 115 Å². The van der Waals surface area contributed by atoms with Crippen LogP contribution in [0.25, 0.3) is 50.9 Å². The van der Waals surface area contributed by atoms with Crippen LogP contribution in [0, 0.1) is 19.3 Å². The molecular weight excluding hydrogens is 843 g/mol. The van der Waals surface area contributed by atoms with Crippen molar-refractivity contribution in [1.29, 1.82) is 0 Å². The number of hydrogen-bond acceptors (Lipinski definition) is 1. The Hall–Kier alpha value is -6.96. The summed E-state index contributed by atoms with van der Waals surface area (Å²) < 4.78 is 0. The molecule has 2 aliphatic carbocycles. The Morgan fingerprint density at radius 2 is 0.971 bits per heavy atom. The molecule has 1 atom stereocenters. The molecule has 0 saturated heterocycles. The highest BCUT2D eigenvalue weighted by atomic mass is 15.2. The van der Waals surface area contributed by atoms with Gasteiger partial charge in [-0.3, -0.25) is 0 Å². The van der Waals surface area contributed by atoms with E-state index in [1.807, 2.05) is 47.6 Å². The van der Waals surface area contributed by atoms with Crippen LogP contribution in [0.3, 0.4) is 0 Å². The average molecular weight is 918 g/mol. The van der Waals surface area contributed by atoms with Crippen molar-refractivity contribution in [2.75, 3.05) is 4.90 Å². The lowest BCUT2D eigenvalue weighted by Gasteiger charge is -2.34. The van der Waals surface area contributed by atoms with E-state index in [-0.39, 0.29) is 10.8 Å². The van der Waals surface area contributed by atoms with E-state index in [1.54, 1.807) is 0 Å². The molecule has 1 nitrogen and oxygen atoms in total. The highest BCUT2D eigenvalue weighted by molar-refractivity contribution is 6.01. The minimum atomic E-state index is -0.0812. The number of para-hydroxylation sites is 1. The fraction of sp³-hybridized carbons (Fsp3) is 0.246. The fourth-order valence-electron chi connectivity index (χ4n) is 10.5. The number of aryl methyl sites for hydroxylation is 4. The summed E-state index contributed by atoms with van der Waals surface area (Å²) in [6.07, 6.45) is 5.49. The van der Waals surface area contributed by atoms with E-state index in [2.05, 4.69) is 241 Å². The topological polar surface area (TPSA) is 3.24 Å². The number of rotatable bonds is 7. The van der Waals surface area contributed by atoms with Crippen molar-refractivity contribution in [3.63, 3.8) is 0 Å². The molecule has 8 aromatic rings. The first kappa shape index (κ1) is 50.9. The van der Waals surface area contributed by atoms with Crippen LogP contribution in [0.2, 0.25) is 0 Å². The van der Waals surface area contributed by atoms with Gasteiger partial charge in [0.1, 0.15) is 0 Å². The van der Waals surface area contributed by atoms with Crippen LogP contribution in [0.5, 0.6) is 0 Å². The van der Waals surface area contributed by atoms with E-state index in [0.29, 0.717) is 0 Å². The van der Waals surface area contributed by atoms with Crippen LogP contribution < -0.4 is 15.3 Å². The number of fused-ring (bicyclic) bond motifs is 5. The summed E-state index contributed by atoms with van der Waals surface area (Å²) in [4.78, 5) is 2.56. The van der Waals surface area contributed by atoms with Gasteiger partial charge in [-0.25, -0.2) is 0 Å². The molecule has 11 rings (SSSR count). The lowest BCUT2D eigenvalue weighted by Crippen LogP contribution is -2.40. The van der Waals surface area contributed by atoms with E-state index in [1.165, 1.54) is 105 Å². The normalized spacial score (nSPS) is 15.4. The number of benzene rings is 8. The summed E-state index contributed by atoms with van der Waals surface area (Å²) in [6.45, 7) is 25.9. The predicted molar refractivity (Wildman–Crippen MR) is 306 cm³/mol. The second kappa shape index (κ2) is 22.6. The van der Waals surface area contributed by atoms with Gasteiger partial charge in [0.25, 0.3) is 0 Å². The molecule has 1 aliphatic heterocycles. The molecular formula is C69H75N. The molecule has 356 valence electrons.